The molecule has 2 heterocycles. The third-order valence-corrected chi connectivity index (χ3v) is 5.77. The fourth-order valence-electron chi connectivity index (χ4n) is 2.57. The van der Waals surface area contributed by atoms with Crippen molar-refractivity contribution in [3.8, 4) is 0 Å². The lowest BCUT2D eigenvalue weighted by Crippen LogP contribution is -2.64. The average molecular weight is 384 g/mol. The van der Waals surface area contributed by atoms with Gasteiger partial charge in [0.2, 0.25) is 16.0 Å². The molecule has 1 saturated carbocycles. The molecule has 144 valence electrons. The van der Waals surface area contributed by atoms with Gasteiger partial charge >= 0.3 is 6.09 Å². The maximum Gasteiger partial charge on any atom is 0.408 e. The minimum atomic E-state index is -3.42. The molecule has 1 amide bonds. The van der Waals surface area contributed by atoms with Crippen LogP contribution in [0.2, 0.25) is 0 Å². The summed E-state index contributed by atoms with van der Waals surface area (Å²) in [6.07, 6.45) is 2.68. The molecule has 0 unspecified atom stereocenters. The van der Waals surface area contributed by atoms with Crippen LogP contribution in [0.15, 0.2) is 12.3 Å². The Bertz CT molecular complexity index is 782. The minimum Gasteiger partial charge on any atom is -0.444 e. The Kier molecular flexibility index (Phi) is 4.82. The molecule has 9 nitrogen and oxygen atoms in total. The van der Waals surface area contributed by atoms with Crippen molar-refractivity contribution in [3.05, 3.63) is 18.0 Å². The molecule has 1 aromatic rings. The Balaban J connectivity index is 1.67. The monoisotopic (exact) mass is 384 g/mol. The zero-order valence-corrected chi connectivity index (χ0v) is 15.9. The van der Waals surface area contributed by atoms with Crippen molar-refractivity contribution in [2.24, 2.45) is 0 Å². The van der Waals surface area contributed by atoms with E-state index in [4.69, 9.17) is 9.47 Å². The fraction of sp³-hybridized carbons (Fsp3) is 0.688. The van der Waals surface area contributed by atoms with Crippen molar-refractivity contribution in [2.75, 3.05) is 17.9 Å². The summed E-state index contributed by atoms with van der Waals surface area (Å²) in [5, 5.41) is 2.49. The van der Waals surface area contributed by atoms with Crippen LogP contribution < -0.4 is 10.0 Å². The van der Waals surface area contributed by atoms with Gasteiger partial charge in [0.05, 0.1) is 24.0 Å². The van der Waals surface area contributed by atoms with E-state index in [1.807, 2.05) is 0 Å². The molecular formula is C16H24N4O5S. The topological polar surface area (TPSA) is 120 Å². The number of nitrogens with one attached hydrogen (secondary N) is 2. The first kappa shape index (κ1) is 18.8. The lowest BCUT2D eigenvalue weighted by atomic mass is 9.91. The van der Waals surface area contributed by atoms with Gasteiger partial charge in [-0.05, 0) is 39.7 Å². The molecule has 1 aliphatic heterocycles. The summed E-state index contributed by atoms with van der Waals surface area (Å²) >= 11 is 0. The van der Waals surface area contributed by atoms with Crippen LogP contribution >= 0.6 is 0 Å². The third-order valence-electron chi connectivity index (χ3n) is 3.95. The number of nitrogens with zero attached hydrogens (tertiary/aromatic N) is 2. The number of carbonyl (C=O) groups excluding carboxylic acids is 1. The number of amides is 1. The summed E-state index contributed by atoms with van der Waals surface area (Å²) < 4.78 is 37.0. The van der Waals surface area contributed by atoms with Gasteiger partial charge in [-0.15, -0.1) is 0 Å². The highest BCUT2D eigenvalue weighted by Crippen LogP contribution is 2.29. The van der Waals surface area contributed by atoms with E-state index in [0.717, 1.165) is 0 Å². The third kappa shape index (κ3) is 4.82. The van der Waals surface area contributed by atoms with Crippen LogP contribution in [0.1, 0.15) is 39.3 Å². The first-order valence-corrected chi connectivity index (χ1v) is 10.0. The first-order valence-electron chi connectivity index (χ1n) is 8.49. The van der Waals surface area contributed by atoms with Gasteiger partial charge in [0.25, 0.3) is 0 Å². The van der Waals surface area contributed by atoms with Gasteiger partial charge < -0.3 is 14.8 Å². The maximum atomic E-state index is 12.1. The van der Waals surface area contributed by atoms with Gasteiger partial charge in [-0.3, -0.25) is 4.72 Å². The summed E-state index contributed by atoms with van der Waals surface area (Å²) in [5.41, 5.74) is -0.615. The second-order valence-corrected chi connectivity index (χ2v) is 9.76. The number of hydrogen-bond donors (Lipinski definition) is 2. The van der Waals surface area contributed by atoms with E-state index in [1.54, 1.807) is 26.8 Å². The highest BCUT2D eigenvalue weighted by molar-refractivity contribution is 7.93. The lowest BCUT2D eigenvalue weighted by Gasteiger charge is -2.42. The van der Waals surface area contributed by atoms with Gasteiger partial charge in [-0.2, -0.15) is 0 Å². The second-order valence-electron chi connectivity index (χ2n) is 7.79. The number of rotatable bonds is 6. The van der Waals surface area contributed by atoms with Gasteiger partial charge in [-0.1, -0.05) is 0 Å². The normalized spacial score (nSPS) is 19.3. The van der Waals surface area contributed by atoms with Crippen LogP contribution in [0.25, 0.3) is 0 Å². The number of hydrogen-bond acceptors (Lipinski definition) is 7. The van der Waals surface area contributed by atoms with Crippen LogP contribution in [-0.4, -0.2) is 54.1 Å². The van der Waals surface area contributed by atoms with E-state index >= 15 is 0 Å². The summed E-state index contributed by atoms with van der Waals surface area (Å²) in [5.74, 6) is 0.0436. The second kappa shape index (κ2) is 6.66. The number of anilines is 1. The molecule has 0 radical (unpaired) electrons. The Labute approximate surface area is 152 Å². The average Bonchev–Trinajstić information content (AvgIpc) is 3.27. The largest absolute Gasteiger partial charge is 0.444 e. The van der Waals surface area contributed by atoms with Crippen molar-refractivity contribution in [1.82, 2.24) is 15.3 Å². The van der Waals surface area contributed by atoms with Gasteiger partial charge in [0.15, 0.2) is 0 Å². The van der Waals surface area contributed by atoms with Crippen molar-refractivity contribution >= 4 is 22.1 Å². The Morgan fingerprint density at radius 3 is 2.62 bits per heavy atom. The predicted molar refractivity (Wildman–Crippen MR) is 94.2 cm³/mol. The van der Waals surface area contributed by atoms with E-state index < -0.39 is 27.3 Å². The summed E-state index contributed by atoms with van der Waals surface area (Å²) in [7, 11) is -3.42. The molecule has 3 rings (SSSR count). The zero-order valence-electron chi connectivity index (χ0n) is 15.1. The number of sulfonamides is 1. The molecule has 0 atom stereocenters. The smallest absolute Gasteiger partial charge is 0.408 e. The Morgan fingerprint density at radius 2 is 2.08 bits per heavy atom. The van der Waals surface area contributed by atoms with Crippen molar-refractivity contribution in [2.45, 2.75) is 56.4 Å². The minimum absolute atomic E-state index is 0.0436. The molecule has 0 spiro atoms. The highest BCUT2D eigenvalue weighted by Gasteiger charge is 2.42. The number of carbonyl (C=O) groups is 1. The van der Waals surface area contributed by atoms with E-state index in [-0.39, 0.29) is 11.2 Å². The summed E-state index contributed by atoms with van der Waals surface area (Å²) in [6, 6.07) is 1.69. The molecule has 1 aromatic heterocycles. The fourth-order valence-corrected chi connectivity index (χ4v) is 3.84. The van der Waals surface area contributed by atoms with Gasteiger partial charge in [0.1, 0.15) is 5.60 Å². The summed E-state index contributed by atoms with van der Waals surface area (Å²) in [6.45, 7) is 6.04. The van der Waals surface area contributed by atoms with Crippen molar-refractivity contribution < 1.29 is 22.7 Å². The molecule has 26 heavy (non-hydrogen) atoms. The maximum absolute atomic E-state index is 12.1. The van der Waals surface area contributed by atoms with Crippen LogP contribution in [0, 0.1) is 0 Å². The summed E-state index contributed by atoms with van der Waals surface area (Å²) in [4.78, 5) is 20.3. The van der Waals surface area contributed by atoms with Crippen LogP contribution in [0.4, 0.5) is 10.7 Å². The highest BCUT2D eigenvalue weighted by atomic mass is 32.2. The molecule has 2 fully saturated rings. The molecule has 0 aromatic carbocycles. The van der Waals surface area contributed by atoms with E-state index in [1.165, 1.54) is 6.20 Å². The Morgan fingerprint density at radius 1 is 1.38 bits per heavy atom. The first-order chi connectivity index (χ1) is 12.1. The zero-order chi connectivity index (χ0) is 19.0. The molecule has 0 bridgehead atoms. The van der Waals surface area contributed by atoms with E-state index in [0.29, 0.717) is 38.2 Å². The van der Waals surface area contributed by atoms with Crippen molar-refractivity contribution in [3.63, 3.8) is 0 Å². The van der Waals surface area contributed by atoms with E-state index in [9.17, 15) is 13.2 Å². The SMILES string of the molecule is CC(C)(C)OC(=O)NC1(Cc2ccnc(NS(=O)(=O)C3CC3)n2)COC1. The predicted octanol–water partition coefficient (Wildman–Crippen LogP) is 1.22. The number of ether oxygens (including phenoxy) is 2. The molecule has 1 saturated heterocycles. The van der Waals surface area contributed by atoms with Crippen LogP contribution in [0.3, 0.4) is 0 Å². The molecular weight excluding hydrogens is 360 g/mol. The molecule has 1 aliphatic carbocycles. The van der Waals surface area contributed by atoms with Crippen LogP contribution in [-0.2, 0) is 25.9 Å². The van der Waals surface area contributed by atoms with Crippen molar-refractivity contribution in [1.29, 1.82) is 0 Å². The number of aromatic nitrogens is 2. The van der Waals surface area contributed by atoms with E-state index in [2.05, 4.69) is 20.0 Å². The lowest BCUT2D eigenvalue weighted by molar-refractivity contribution is -0.0757. The standard InChI is InChI=1S/C16H24N4O5S/c1-15(2,3)25-14(21)19-16(9-24-10-16)8-11-6-7-17-13(18-11)20-26(22,23)12-4-5-12/h6-7,12H,4-5,8-10H2,1-3H3,(H,19,21)(H,17,18,20). The van der Waals surface area contributed by atoms with Gasteiger partial charge in [0, 0.05) is 18.3 Å². The van der Waals surface area contributed by atoms with Gasteiger partial charge in [-0.25, -0.2) is 23.2 Å². The van der Waals surface area contributed by atoms with Crippen LogP contribution in [0.5, 0.6) is 0 Å². The molecule has 2 aliphatic rings. The quantitative estimate of drug-likeness (QED) is 0.756. The number of alkyl carbamates (subject to hydrolysis) is 1. The molecule has 10 heteroatoms. The molecule has 2 N–H and O–H groups in total. The Hall–Kier alpha value is -1.94.